The van der Waals surface area contributed by atoms with Crippen molar-refractivity contribution in [2.45, 2.75) is 18.9 Å². The summed E-state index contributed by atoms with van der Waals surface area (Å²) in [4.78, 5) is 21.1. The molecule has 1 saturated heterocycles. The van der Waals surface area contributed by atoms with E-state index in [1.165, 1.54) is 0 Å². The molecule has 9 heteroatoms. The number of nitrogens with one attached hydrogen (secondary N) is 2. The van der Waals surface area contributed by atoms with Gasteiger partial charge in [0.05, 0.1) is 46.7 Å². The lowest BCUT2D eigenvalue weighted by Gasteiger charge is -2.15. The Morgan fingerprint density at radius 2 is 2.09 bits per heavy atom. The lowest BCUT2D eigenvalue weighted by atomic mass is 10.1. The number of nitriles is 1. The van der Waals surface area contributed by atoms with Gasteiger partial charge in [-0.1, -0.05) is 18.2 Å². The van der Waals surface area contributed by atoms with Crippen LogP contribution in [0.2, 0.25) is 0 Å². The number of hydrogen-bond acceptors (Lipinski definition) is 7. The van der Waals surface area contributed by atoms with Gasteiger partial charge in [-0.2, -0.15) is 10.4 Å². The summed E-state index contributed by atoms with van der Waals surface area (Å²) in [5.41, 5.74) is 2.60. The number of aromatic amines is 1. The normalized spacial score (nSPS) is 15.8. The van der Waals surface area contributed by atoms with Gasteiger partial charge in [-0.25, -0.2) is 9.67 Å². The van der Waals surface area contributed by atoms with Gasteiger partial charge in [-0.15, -0.1) is 0 Å². The highest BCUT2D eigenvalue weighted by atomic mass is 16.5. The van der Waals surface area contributed by atoms with E-state index in [4.69, 9.17) is 19.6 Å². The zero-order chi connectivity index (χ0) is 22.8. The fourth-order valence-electron chi connectivity index (χ4n) is 4.27. The number of H-pyrrole nitrogens is 1. The van der Waals surface area contributed by atoms with Crippen molar-refractivity contribution in [3.05, 3.63) is 63.8 Å². The molecule has 4 aromatic rings. The quantitative estimate of drug-likeness (QED) is 0.420. The molecule has 1 aliphatic heterocycles. The Morgan fingerprint density at radius 3 is 2.85 bits per heavy atom. The van der Waals surface area contributed by atoms with Crippen LogP contribution in [0.15, 0.2) is 41.2 Å². The van der Waals surface area contributed by atoms with Crippen LogP contribution in [-0.4, -0.2) is 53.2 Å². The molecule has 0 bridgehead atoms. The Hall–Kier alpha value is -3.74. The third kappa shape index (κ3) is 4.06. The average molecular weight is 444 g/mol. The summed E-state index contributed by atoms with van der Waals surface area (Å²) in [5.74, 6) is 1.18. The van der Waals surface area contributed by atoms with Crippen molar-refractivity contribution in [2.24, 2.45) is 0 Å². The van der Waals surface area contributed by atoms with Crippen LogP contribution in [0.4, 0.5) is 0 Å². The molecular formula is C24H24N6O3. The number of rotatable bonds is 7. The number of nitrogens with zero attached hydrogens (tertiary/aromatic N) is 4. The third-order valence-corrected chi connectivity index (χ3v) is 5.92. The molecule has 1 fully saturated rings. The Morgan fingerprint density at radius 1 is 1.24 bits per heavy atom. The predicted molar refractivity (Wildman–Crippen MR) is 124 cm³/mol. The second-order valence-electron chi connectivity index (χ2n) is 8.07. The Balaban J connectivity index is 1.54. The molecule has 0 aliphatic carbocycles. The van der Waals surface area contributed by atoms with Crippen molar-refractivity contribution in [1.82, 2.24) is 25.1 Å². The van der Waals surface area contributed by atoms with Gasteiger partial charge in [0.2, 0.25) is 0 Å². The van der Waals surface area contributed by atoms with Gasteiger partial charge in [0.25, 0.3) is 5.56 Å². The van der Waals surface area contributed by atoms with Gasteiger partial charge in [-0.3, -0.25) is 4.79 Å². The smallest absolute Gasteiger partial charge is 0.274 e. The minimum atomic E-state index is -0.0656. The van der Waals surface area contributed by atoms with Crippen LogP contribution in [0.3, 0.4) is 0 Å². The highest BCUT2D eigenvalue weighted by molar-refractivity contribution is 5.84. The summed E-state index contributed by atoms with van der Waals surface area (Å²) in [5, 5.41) is 19.1. The van der Waals surface area contributed by atoms with Crippen molar-refractivity contribution in [3.8, 4) is 11.8 Å². The number of benzene rings is 2. The minimum Gasteiger partial charge on any atom is -0.490 e. The Kier molecular flexibility index (Phi) is 5.77. The first-order valence-electron chi connectivity index (χ1n) is 10.9. The van der Waals surface area contributed by atoms with Crippen LogP contribution in [0.1, 0.15) is 29.5 Å². The Labute approximate surface area is 190 Å². The van der Waals surface area contributed by atoms with E-state index in [2.05, 4.69) is 16.4 Å². The zero-order valence-electron chi connectivity index (χ0n) is 18.3. The maximum absolute atomic E-state index is 13.1. The third-order valence-electron chi connectivity index (χ3n) is 5.92. The number of methoxy groups -OCH3 is 1. The van der Waals surface area contributed by atoms with Crippen LogP contribution in [0, 0.1) is 11.3 Å². The van der Waals surface area contributed by atoms with Gasteiger partial charge >= 0.3 is 0 Å². The highest BCUT2D eigenvalue weighted by Crippen LogP contribution is 2.26. The molecule has 0 spiro atoms. The second kappa shape index (κ2) is 9.02. The molecule has 0 amide bonds. The average Bonchev–Trinajstić information content (AvgIpc) is 3.50. The lowest BCUT2D eigenvalue weighted by molar-refractivity contribution is 0.146. The largest absolute Gasteiger partial charge is 0.490 e. The minimum absolute atomic E-state index is 0.0431. The van der Waals surface area contributed by atoms with E-state index < -0.39 is 0 Å². The predicted octanol–water partition coefficient (Wildman–Crippen LogP) is 2.29. The molecule has 1 atom stereocenters. The van der Waals surface area contributed by atoms with E-state index in [-0.39, 0.29) is 11.6 Å². The molecule has 0 saturated carbocycles. The fourth-order valence-corrected chi connectivity index (χ4v) is 4.27. The monoisotopic (exact) mass is 444 g/mol. The number of imidazole rings is 1. The molecule has 1 unspecified atom stereocenters. The summed E-state index contributed by atoms with van der Waals surface area (Å²) >= 11 is 0. The van der Waals surface area contributed by atoms with Crippen LogP contribution >= 0.6 is 0 Å². The molecule has 2 aromatic carbocycles. The SMILES string of the molecule is COCCOc1cc2nc(Cc3nn(C4CCNC4)c(=O)c4ccccc34)[nH]c2cc1C#N. The molecule has 2 aromatic heterocycles. The first kappa shape index (κ1) is 21.1. The molecule has 168 valence electrons. The van der Waals surface area contributed by atoms with Crippen molar-refractivity contribution in [2.75, 3.05) is 33.4 Å². The first-order chi connectivity index (χ1) is 16.2. The van der Waals surface area contributed by atoms with Crippen molar-refractivity contribution in [1.29, 1.82) is 5.26 Å². The van der Waals surface area contributed by atoms with Gasteiger partial charge in [0, 0.05) is 25.1 Å². The van der Waals surface area contributed by atoms with Crippen LogP contribution in [0.25, 0.3) is 21.8 Å². The van der Waals surface area contributed by atoms with E-state index in [0.717, 1.165) is 36.1 Å². The van der Waals surface area contributed by atoms with E-state index in [0.29, 0.717) is 47.7 Å². The maximum atomic E-state index is 13.1. The zero-order valence-corrected chi connectivity index (χ0v) is 18.3. The van der Waals surface area contributed by atoms with E-state index in [9.17, 15) is 10.1 Å². The molecule has 3 heterocycles. The summed E-state index contributed by atoms with van der Waals surface area (Å²) in [6.07, 6.45) is 1.30. The van der Waals surface area contributed by atoms with Gasteiger partial charge in [0.1, 0.15) is 24.3 Å². The number of aromatic nitrogens is 4. The highest BCUT2D eigenvalue weighted by Gasteiger charge is 2.22. The maximum Gasteiger partial charge on any atom is 0.274 e. The number of ether oxygens (including phenoxy) is 2. The fraction of sp³-hybridized carbons (Fsp3) is 0.333. The summed E-state index contributed by atoms with van der Waals surface area (Å²) in [6, 6.07) is 13.3. The molecular weight excluding hydrogens is 420 g/mol. The van der Waals surface area contributed by atoms with Crippen molar-refractivity contribution in [3.63, 3.8) is 0 Å². The molecule has 2 N–H and O–H groups in total. The topological polar surface area (TPSA) is 118 Å². The first-order valence-corrected chi connectivity index (χ1v) is 10.9. The summed E-state index contributed by atoms with van der Waals surface area (Å²) in [7, 11) is 1.60. The second-order valence-corrected chi connectivity index (χ2v) is 8.07. The molecule has 1 aliphatic rings. The van der Waals surface area contributed by atoms with E-state index in [1.807, 2.05) is 24.3 Å². The van der Waals surface area contributed by atoms with Crippen molar-refractivity contribution < 1.29 is 9.47 Å². The van der Waals surface area contributed by atoms with Crippen molar-refractivity contribution >= 4 is 21.8 Å². The summed E-state index contributed by atoms with van der Waals surface area (Å²) in [6.45, 7) is 2.39. The standard InChI is InChI=1S/C24H24N6O3/c1-32-8-9-33-22-11-21-20(10-15(22)13-25)27-23(28-21)12-19-17-4-2-3-5-18(17)24(31)30(29-19)16-6-7-26-14-16/h2-5,10-11,16,26H,6-9,12,14H2,1H3,(H,27,28). The summed E-state index contributed by atoms with van der Waals surface area (Å²) < 4.78 is 12.3. The van der Waals surface area contributed by atoms with Crippen LogP contribution < -0.4 is 15.6 Å². The van der Waals surface area contributed by atoms with Crippen LogP contribution in [0.5, 0.6) is 5.75 Å². The Bertz CT molecular complexity index is 1410. The van der Waals surface area contributed by atoms with Gasteiger partial charge in [-0.05, 0) is 25.1 Å². The lowest BCUT2D eigenvalue weighted by Crippen LogP contribution is -2.30. The van der Waals surface area contributed by atoms with Crippen LogP contribution in [-0.2, 0) is 11.2 Å². The number of hydrogen-bond donors (Lipinski definition) is 2. The molecule has 0 radical (unpaired) electrons. The van der Waals surface area contributed by atoms with Gasteiger partial charge < -0.3 is 19.8 Å². The molecule has 9 nitrogen and oxygen atoms in total. The number of fused-ring (bicyclic) bond motifs is 2. The molecule has 33 heavy (non-hydrogen) atoms. The van der Waals surface area contributed by atoms with E-state index in [1.54, 1.807) is 23.9 Å². The van der Waals surface area contributed by atoms with E-state index >= 15 is 0 Å². The van der Waals surface area contributed by atoms with Gasteiger partial charge in [0.15, 0.2) is 0 Å². The molecule has 5 rings (SSSR count).